The molecule has 5 nitrogen and oxygen atoms in total. The normalized spacial score (nSPS) is 20.9. The summed E-state index contributed by atoms with van der Waals surface area (Å²) in [6, 6.07) is 13.7. The number of thioether (sulfide) groups is 2. The van der Waals surface area contributed by atoms with E-state index in [4.69, 9.17) is 16.3 Å². The van der Waals surface area contributed by atoms with Crippen molar-refractivity contribution in [3.8, 4) is 5.75 Å². The molecule has 1 atom stereocenters. The van der Waals surface area contributed by atoms with E-state index in [0.717, 1.165) is 11.5 Å². The Morgan fingerprint density at radius 3 is 2.37 bits per heavy atom. The molecule has 160 valence electrons. The van der Waals surface area contributed by atoms with Crippen LogP contribution in [0.1, 0.15) is 23.0 Å². The smallest absolute Gasteiger partial charge is 0.315 e. The Morgan fingerprint density at radius 2 is 1.70 bits per heavy atom. The molecule has 2 aromatic rings. The second-order valence-electron chi connectivity index (χ2n) is 7.22. The van der Waals surface area contributed by atoms with Gasteiger partial charge < -0.3 is 4.74 Å². The molecule has 2 saturated heterocycles. The highest BCUT2D eigenvalue weighted by atomic mass is 35.5. The molecule has 2 fully saturated rings. The summed E-state index contributed by atoms with van der Waals surface area (Å²) in [5.41, 5.74) is 1.22. The maximum absolute atomic E-state index is 12.9. The Bertz CT molecular complexity index is 990. The molecule has 4 rings (SSSR count). The summed E-state index contributed by atoms with van der Waals surface area (Å²) in [6.07, 6.45) is 1.22. The number of hydrogen-bond acceptors (Lipinski definition) is 6. The summed E-state index contributed by atoms with van der Waals surface area (Å²) in [5, 5.41) is 0.477. The van der Waals surface area contributed by atoms with E-state index in [-0.39, 0.29) is 17.4 Å². The fraction of sp³-hybridized carbons (Fsp3) is 0.381. The number of piperidine rings is 1. The number of rotatable bonds is 5. The average Bonchev–Trinajstić information content (AvgIpc) is 3.30. The van der Waals surface area contributed by atoms with E-state index >= 15 is 0 Å². The Morgan fingerprint density at radius 1 is 1.03 bits per heavy atom. The molecule has 0 N–H and O–H groups in total. The predicted octanol–water partition coefficient (Wildman–Crippen LogP) is 4.82. The van der Waals surface area contributed by atoms with E-state index in [2.05, 4.69) is 0 Å². The lowest BCUT2D eigenvalue weighted by molar-refractivity contribution is -0.140. The molecule has 0 aliphatic carbocycles. The van der Waals surface area contributed by atoms with Gasteiger partial charge in [0.05, 0.1) is 15.4 Å². The standard InChI is InChI=1S/C21H22ClNO4S3/c22-17-5-9-19(10-6-17)30(25,26)23-11-1-2-16(14-23)20(24)27-18-7-3-15(4-8-18)21-28-12-13-29-21/h3-10,16,21H,1-2,11-14H2. The van der Waals surface area contributed by atoms with Gasteiger partial charge in [-0.15, -0.1) is 23.5 Å². The average molecular weight is 484 g/mol. The third kappa shape index (κ3) is 4.99. The van der Waals surface area contributed by atoms with Crippen LogP contribution in [0, 0.1) is 5.92 Å². The second kappa shape index (κ2) is 9.53. The number of halogens is 1. The van der Waals surface area contributed by atoms with Crippen molar-refractivity contribution in [2.45, 2.75) is 22.3 Å². The summed E-state index contributed by atoms with van der Waals surface area (Å²) in [7, 11) is -3.67. The van der Waals surface area contributed by atoms with Crippen LogP contribution >= 0.6 is 35.1 Å². The Labute approximate surface area is 190 Å². The van der Waals surface area contributed by atoms with E-state index in [1.807, 2.05) is 47.8 Å². The van der Waals surface area contributed by atoms with Gasteiger partial charge in [0.1, 0.15) is 5.75 Å². The van der Waals surface area contributed by atoms with Gasteiger partial charge in [-0.05, 0) is 54.8 Å². The van der Waals surface area contributed by atoms with E-state index < -0.39 is 15.9 Å². The Kier molecular flexibility index (Phi) is 6.99. The van der Waals surface area contributed by atoms with E-state index in [1.54, 1.807) is 12.1 Å². The number of nitrogens with zero attached hydrogens (tertiary/aromatic N) is 1. The number of esters is 1. The molecule has 2 aliphatic heterocycles. The first-order valence-electron chi connectivity index (χ1n) is 9.74. The van der Waals surface area contributed by atoms with Gasteiger partial charge in [-0.2, -0.15) is 4.31 Å². The van der Waals surface area contributed by atoms with Crippen LogP contribution in [0.2, 0.25) is 5.02 Å². The summed E-state index contributed by atoms with van der Waals surface area (Å²) < 4.78 is 33.2. The van der Waals surface area contributed by atoms with Crippen LogP contribution < -0.4 is 4.74 Å². The molecule has 0 radical (unpaired) electrons. The number of ether oxygens (including phenoxy) is 1. The van der Waals surface area contributed by atoms with Crippen LogP contribution in [-0.2, 0) is 14.8 Å². The summed E-state index contributed by atoms with van der Waals surface area (Å²) in [5.74, 6) is 1.94. The largest absolute Gasteiger partial charge is 0.426 e. The van der Waals surface area contributed by atoms with Gasteiger partial charge in [0.25, 0.3) is 0 Å². The zero-order valence-corrected chi connectivity index (χ0v) is 19.4. The second-order valence-corrected chi connectivity index (χ2v) is 12.3. The Balaban J connectivity index is 1.40. The molecule has 0 saturated carbocycles. The van der Waals surface area contributed by atoms with Crippen molar-refractivity contribution < 1.29 is 17.9 Å². The van der Waals surface area contributed by atoms with Crippen molar-refractivity contribution in [2.75, 3.05) is 24.6 Å². The molecule has 0 spiro atoms. The maximum Gasteiger partial charge on any atom is 0.315 e. The van der Waals surface area contributed by atoms with Gasteiger partial charge in [0.2, 0.25) is 10.0 Å². The molecular formula is C21H22ClNO4S3. The lowest BCUT2D eigenvalue weighted by Gasteiger charge is -2.30. The van der Waals surface area contributed by atoms with Crippen LogP contribution in [0.3, 0.4) is 0 Å². The fourth-order valence-corrected chi connectivity index (χ4v) is 8.06. The molecule has 1 unspecified atom stereocenters. The van der Waals surface area contributed by atoms with Crippen LogP contribution in [-0.4, -0.2) is 43.3 Å². The minimum absolute atomic E-state index is 0.122. The highest BCUT2D eigenvalue weighted by molar-refractivity contribution is 8.19. The first kappa shape index (κ1) is 22.0. The van der Waals surface area contributed by atoms with Gasteiger partial charge in [-0.1, -0.05) is 23.7 Å². The quantitative estimate of drug-likeness (QED) is 0.448. The molecule has 2 heterocycles. The predicted molar refractivity (Wildman–Crippen MR) is 123 cm³/mol. The molecule has 0 amide bonds. The van der Waals surface area contributed by atoms with Gasteiger partial charge in [-0.3, -0.25) is 4.79 Å². The van der Waals surface area contributed by atoms with Crippen LogP contribution in [0.15, 0.2) is 53.4 Å². The zero-order chi connectivity index (χ0) is 21.1. The number of sulfonamides is 1. The van der Waals surface area contributed by atoms with Crippen LogP contribution in [0.25, 0.3) is 0 Å². The van der Waals surface area contributed by atoms with Gasteiger partial charge in [0, 0.05) is 29.6 Å². The van der Waals surface area contributed by atoms with Gasteiger partial charge in [-0.25, -0.2) is 8.42 Å². The van der Waals surface area contributed by atoms with Crippen LogP contribution in [0.5, 0.6) is 5.75 Å². The molecule has 2 aromatic carbocycles. The highest BCUT2D eigenvalue weighted by Gasteiger charge is 2.34. The molecular weight excluding hydrogens is 462 g/mol. The zero-order valence-electron chi connectivity index (χ0n) is 16.2. The fourth-order valence-electron chi connectivity index (χ4n) is 3.55. The third-order valence-corrected chi connectivity index (χ3v) is 10.4. The summed E-state index contributed by atoms with van der Waals surface area (Å²) >= 11 is 9.71. The lowest BCUT2D eigenvalue weighted by Crippen LogP contribution is -2.43. The molecule has 0 aromatic heterocycles. The molecule has 9 heteroatoms. The molecule has 0 bridgehead atoms. The minimum atomic E-state index is -3.67. The van der Waals surface area contributed by atoms with Crippen molar-refractivity contribution in [3.63, 3.8) is 0 Å². The summed E-state index contributed by atoms with van der Waals surface area (Å²) in [6.45, 7) is 0.511. The number of benzene rings is 2. The van der Waals surface area contributed by atoms with E-state index in [0.29, 0.717) is 34.7 Å². The highest BCUT2D eigenvalue weighted by Crippen LogP contribution is 2.45. The maximum atomic E-state index is 12.9. The van der Waals surface area contributed by atoms with E-state index in [9.17, 15) is 13.2 Å². The van der Waals surface area contributed by atoms with Crippen molar-refractivity contribution in [1.29, 1.82) is 0 Å². The lowest BCUT2D eigenvalue weighted by atomic mass is 10.00. The van der Waals surface area contributed by atoms with Crippen molar-refractivity contribution >= 4 is 51.1 Å². The SMILES string of the molecule is O=C(Oc1ccc(C2SCCS2)cc1)C1CCCN(S(=O)(=O)c2ccc(Cl)cc2)C1. The number of carbonyl (C=O) groups is 1. The van der Waals surface area contributed by atoms with Crippen LogP contribution in [0.4, 0.5) is 0 Å². The van der Waals surface area contributed by atoms with Crippen molar-refractivity contribution in [3.05, 3.63) is 59.1 Å². The van der Waals surface area contributed by atoms with Crippen molar-refractivity contribution in [1.82, 2.24) is 4.31 Å². The summed E-state index contributed by atoms with van der Waals surface area (Å²) in [4.78, 5) is 12.9. The topological polar surface area (TPSA) is 63.7 Å². The number of carbonyl (C=O) groups excluding carboxylic acids is 1. The monoisotopic (exact) mass is 483 g/mol. The molecule has 2 aliphatic rings. The third-order valence-electron chi connectivity index (χ3n) is 5.16. The van der Waals surface area contributed by atoms with Crippen molar-refractivity contribution in [2.24, 2.45) is 5.92 Å². The molecule has 30 heavy (non-hydrogen) atoms. The van der Waals surface area contributed by atoms with Gasteiger partial charge >= 0.3 is 5.97 Å². The van der Waals surface area contributed by atoms with E-state index in [1.165, 1.54) is 22.0 Å². The number of hydrogen-bond donors (Lipinski definition) is 0. The van der Waals surface area contributed by atoms with Gasteiger partial charge in [0.15, 0.2) is 0 Å². The minimum Gasteiger partial charge on any atom is -0.426 e. The Hall–Kier alpha value is -1.19. The first-order valence-corrected chi connectivity index (χ1v) is 13.7. The first-order chi connectivity index (χ1) is 14.4.